The van der Waals surface area contributed by atoms with E-state index in [-0.39, 0.29) is 12.5 Å². The van der Waals surface area contributed by atoms with Crippen molar-refractivity contribution in [3.63, 3.8) is 0 Å². The van der Waals surface area contributed by atoms with Gasteiger partial charge >= 0.3 is 0 Å². The van der Waals surface area contributed by atoms with Gasteiger partial charge in [-0.25, -0.2) is 9.67 Å². The second kappa shape index (κ2) is 9.47. The summed E-state index contributed by atoms with van der Waals surface area (Å²) in [6, 6.07) is 7.28. The highest BCUT2D eigenvalue weighted by Crippen LogP contribution is 2.30. The van der Waals surface area contributed by atoms with E-state index in [1.54, 1.807) is 37.0 Å². The fourth-order valence-electron chi connectivity index (χ4n) is 3.16. The van der Waals surface area contributed by atoms with Crippen LogP contribution in [0.5, 0.6) is 17.4 Å². The van der Waals surface area contributed by atoms with E-state index < -0.39 is 0 Å². The molecule has 0 radical (unpaired) electrons. The lowest BCUT2D eigenvalue weighted by atomic mass is 10.2. The van der Waals surface area contributed by atoms with Crippen molar-refractivity contribution < 1.29 is 19.0 Å². The van der Waals surface area contributed by atoms with Gasteiger partial charge in [0.2, 0.25) is 5.88 Å². The van der Waals surface area contributed by atoms with Crippen LogP contribution in [-0.2, 0) is 11.8 Å². The Morgan fingerprint density at radius 3 is 2.73 bits per heavy atom. The fraction of sp³-hybridized carbons (Fsp3) is 0.409. The van der Waals surface area contributed by atoms with Crippen LogP contribution in [0.15, 0.2) is 24.3 Å². The number of nitrogens with one attached hydrogen (secondary N) is 1. The second-order valence-electron chi connectivity index (χ2n) is 7.11. The highest BCUT2D eigenvalue weighted by Gasteiger charge is 2.16. The number of carbonyl (C=O) groups is 1. The molecule has 160 valence electrons. The average molecular weight is 412 g/mol. The van der Waals surface area contributed by atoms with Crippen LogP contribution in [0, 0.1) is 13.8 Å². The van der Waals surface area contributed by atoms with Crippen molar-refractivity contribution in [2.24, 2.45) is 7.05 Å². The average Bonchev–Trinajstić information content (AvgIpc) is 3.03. The second-order valence-corrected chi connectivity index (χ2v) is 7.11. The van der Waals surface area contributed by atoms with E-state index in [1.165, 1.54) is 0 Å². The molecule has 3 aromatic rings. The third-order valence-corrected chi connectivity index (χ3v) is 4.64. The number of ether oxygens (including phenoxy) is 3. The maximum absolute atomic E-state index is 12.6. The van der Waals surface area contributed by atoms with Crippen LogP contribution >= 0.6 is 0 Å². The molecule has 0 spiro atoms. The number of aryl methyl sites for hydroxylation is 3. The lowest BCUT2D eigenvalue weighted by molar-refractivity contribution is -0.118. The molecule has 0 aliphatic heterocycles. The van der Waals surface area contributed by atoms with Crippen molar-refractivity contribution in [2.75, 3.05) is 25.6 Å². The van der Waals surface area contributed by atoms with Crippen LogP contribution in [0.1, 0.15) is 31.0 Å². The maximum Gasteiger partial charge on any atom is 0.262 e. The number of benzene rings is 1. The zero-order chi connectivity index (χ0) is 21.7. The summed E-state index contributed by atoms with van der Waals surface area (Å²) in [5.74, 6) is 1.29. The van der Waals surface area contributed by atoms with Crippen LogP contribution in [0.2, 0.25) is 0 Å². The van der Waals surface area contributed by atoms with Gasteiger partial charge in [-0.15, -0.1) is 5.10 Å². The molecule has 1 aromatic carbocycles. The number of hydrogen-bond acceptors (Lipinski definition) is 6. The lowest BCUT2D eigenvalue weighted by Crippen LogP contribution is -2.21. The minimum absolute atomic E-state index is 0.189. The fourth-order valence-corrected chi connectivity index (χ4v) is 3.16. The lowest BCUT2D eigenvalue weighted by Gasteiger charge is -2.14. The van der Waals surface area contributed by atoms with E-state index in [0.717, 1.165) is 35.1 Å². The molecule has 8 heteroatoms. The van der Waals surface area contributed by atoms with E-state index in [2.05, 4.69) is 22.3 Å². The summed E-state index contributed by atoms with van der Waals surface area (Å²) in [7, 11) is 3.38. The van der Waals surface area contributed by atoms with Crippen molar-refractivity contribution >= 4 is 22.6 Å². The molecular weight excluding hydrogens is 384 g/mol. The summed E-state index contributed by atoms with van der Waals surface area (Å²) in [6.45, 7) is 6.39. The molecule has 8 nitrogen and oxygen atoms in total. The number of carbonyl (C=O) groups excluding carboxylic acids is 1. The summed E-state index contributed by atoms with van der Waals surface area (Å²) in [5, 5.41) is 8.02. The molecule has 0 bridgehead atoms. The number of unbranched alkanes of at least 4 members (excludes halogenated alkanes) is 1. The van der Waals surface area contributed by atoms with E-state index in [0.29, 0.717) is 29.7 Å². The number of pyridine rings is 1. The standard InChI is InChI=1S/C22H28N4O4/c1-6-7-10-29-18-9-8-16(28-5)12-17(18)24-19(27)13-30-22-20-14(2)11-15(3)23-21(20)26(4)25-22/h8-9,11-12H,6-7,10,13H2,1-5H3,(H,24,27). The highest BCUT2D eigenvalue weighted by atomic mass is 16.5. The predicted octanol–water partition coefficient (Wildman–Crippen LogP) is 3.79. The number of amides is 1. The SMILES string of the molecule is CCCCOc1ccc(OC)cc1NC(=O)COc1nn(C)c2nc(C)cc(C)c12. The predicted molar refractivity (Wildman–Crippen MR) is 116 cm³/mol. The van der Waals surface area contributed by atoms with Crippen LogP contribution in [0.4, 0.5) is 5.69 Å². The quantitative estimate of drug-likeness (QED) is 0.538. The summed E-state index contributed by atoms with van der Waals surface area (Å²) < 4.78 is 18.4. The van der Waals surface area contributed by atoms with Gasteiger partial charge in [0.1, 0.15) is 11.5 Å². The van der Waals surface area contributed by atoms with Crippen LogP contribution in [-0.4, -0.2) is 41.0 Å². The van der Waals surface area contributed by atoms with Crippen LogP contribution < -0.4 is 19.5 Å². The Kier molecular flexibility index (Phi) is 6.76. The third-order valence-electron chi connectivity index (χ3n) is 4.64. The third kappa shape index (κ3) is 4.82. The van der Waals surface area contributed by atoms with Gasteiger partial charge in [-0.1, -0.05) is 13.3 Å². The molecule has 1 amide bonds. The molecule has 0 unspecified atom stereocenters. The van der Waals surface area contributed by atoms with Gasteiger partial charge in [-0.3, -0.25) is 4.79 Å². The minimum atomic E-state index is -0.319. The van der Waals surface area contributed by atoms with Gasteiger partial charge < -0.3 is 19.5 Å². The van der Waals surface area contributed by atoms with Crippen molar-refractivity contribution in [1.29, 1.82) is 0 Å². The first kappa shape index (κ1) is 21.4. The molecule has 1 N–H and O–H groups in total. The van der Waals surface area contributed by atoms with Gasteiger partial charge in [0.25, 0.3) is 5.91 Å². The Bertz CT molecular complexity index is 1050. The first-order valence-corrected chi connectivity index (χ1v) is 9.97. The largest absolute Gasteiger partial charge is 0.497 e. The summed E-state index contributed by atoms with van der Waals surface area (Å²) >= 11 is 0. The molecule has 3 rings (SSSR count). The Morgan fingerprint density at radius 1 is 1.20 bits per heavy atom. The van der Waals surface area contributed by atoms with Crippen molar-refractivity contribution in [3.05, 3.63) is 35.5 Å². The Morgan fingerprint density at radius 2 is 2.00 bits per heavy atom. The summed E-state index contributed by atoms with van der Waals surface area (Å²) in [5.41, 5.74) is 3.17. The summed E-state index contributed by atoms with van der Waals surface area (Å²) in [6.07, 6.45) is 1.96. The van der Waals surface area contributed by atoms with Gasteiger partial charge in [0.15, 0.2) is 12.3 Å². The van der Waals surface area contributed by atoms with Crippen molar-refractivity contribution in [1.82, 2.24) is 14.8 Å². The van der Waals surface area contributed by atoms with Gasteiger partial charge in [-0.05, 0) is 44.0 Å². The maximum atomic E-state index is 12.6. The zero-order valence-corrected chi connectivity index (χ0v) is 18.1. The van der Waals surface area contributed by atoms with Crippen molar-refractivity contribution in [2.45, 2.75) is 33.6 Å². The molecule has 0 saturated heterocycles. The molecule has 2 aromatic heterocycles. The number of anilines is 1. The highest BCUT2D eigenvalue weighted by molar-refractivity contribution is 5.94. The monoisotopic (exact) mass is 412 g/mol. The normalized spacial score (nSPS) is 10.8. The number of hydrogen-bond donors (Lipinski definition) is 1. The number of methoxy groups -OCH3 is 1. The molecule has 0 aliphatic carbocycles. The van der Waals surface area contributed by atoms with Gasteiger partial charge in [0.05, 0.1) is 24.8 Å². The molecule has 0 saturated carbocycles. The smallest absolute Gasteiger partial charge is 0.262 e. The van der Waals surface area contributed by atoms with E-state index in [4.69, 9.17) is 14.2 Å². The Hall–Kier alpha value is -3.29. The van der Waals surface area contributed by atoms with E-state index >= 15 is 0 Å². The summed E-state index contributed by atoms with van der Waals surface area (Å²) in [4.78, 5) is 17.1. The number of nitrogens with zero attached hydrogens (tertiary/aromatic N) is 3. The number of rotatable bonds is 9. The number of fused-ring (bicyclic) bond motifs is 1. The number of aromatic nitrogens is 3. The van der Waals surface area contributed by atoms with E-state index in [9.17, 15) is 4.79 Å². The van der Waals surface area contributed by atoms with Crippen LogP contribution in [0.25, 0.3) is 11.0 Å². The zero-order valence-electron chi connectivity index (χ0n) is 18.1. The molecule has 2 heterocycles. The minimum Gasteiger partial charge on any atom is -0.497 e. The van der Waals surface area contributed by atoms with Gasteiger partial charge in [0, 0.05) is 18.8 Å². The Balaban J connectivity index is 1.73. The molecule has 0 atom stereocenters. The van der Waals surface area contributed by atoms with Crippen molar-refractivity contribution in [3.8, 4) is 17.4 Å². The first-order chi connectivity index (χ1) is 14.4. The van der Waals surface area contributed by atoms with E-state index in [1.807, 2.05) is 19.9 Å². The molecule has 30 heavy (non-hydrogen) atoms. The molecule has 0 fully saturated rings. The first-order valence-electron chi connectivity index (χ1n) is 9.97. The molecular formula is C22H28N4O4. The van der Waals surface area contributed by atoms with Gasteiger partial charge in [-0.2, -0.15) is 0 Å². The van der Waals surface area contributed by atoms with Crippen LogP contribution in [0.3, 0.4) is 0 Å². The molecule has 0 aliphatic rings. The Labute approximate surface area is 176 Å². The topological polar surface area (TPSA) is 87.5 Å².